The largest absolute Gasteiger partial charge is 0.388 e. The maximum atomic E-state index is 9.89. The SMILES string of the molecule is NCCC(O)c1cccc(C#Cc2cccnc2)c1. The minimum atomic E-state index is -0.523. The van der Waals surface area contributed by atoms with Gasteiger partial charge in [-0.1, -0.05) is 24.0 Å². The van der Waals surface area contributed by atoms with Crippen LogP contribution in [0.3, 0.4) is 0 Å². The number of aliphatic hydroxyl groups excluding tert-OH is 1. The molecule has 1 unspecified atom stereocenters. The van der Waals surface area contributed by atoms with Gasteiger partial charge in [0.25, 0.3) is 0 Å². The lowest BCUT2D eigenvalue weighted by atomic mass is 10.0. The van der Waals surface area contributed by atoms with E-state index in [1.165, 1.54) is 0 Å². The average Bonchev–Trinajstić information content (AvgIpc) is 2.47. The second-order valence-corrected chi connectivity index (χ2v) is 4.21. The lowest BCUT2D eigenvalue weighted by Gasteiger charge is -2.09. The molecule has 0 aliphatic heterocycles. The molecule has 3 N–H and O–H groups in total. The quantitative estimate of drug-likeness (QED) is 0.820. The van der Waals surface area contributed by atoms with Crippen molar-refractivity contribution < 1.29 is 5.11 Å². The number of nitrogens with two attached hydrogens (primary N) is 1. The molecule has 1 aromatic heterocycles. The van der Waals surface area contributed by atoms with Gasteiger partial charge in [-0.25, -0.2) is 0 Å². The number of benzene rings is 1. The fourth-order valence-corrected chi connectivity index (χ4v) is 1.73. The molecule has 0 amide bonds. The Labute approximate surface area is 113 Å². The maximum Gasteiger partial charge on any atom is 0.0802 e. The van der Waals surface area contributed by atoms with E-state index >= 15 is 0 Å². The summed E-state index contributed by atoms with van der Waals surface area (Å²) in [7, 11) is 0. The average molecular weight is 252 g/mol. The summed E-state index contributed by atoms with van der Waals surface area (Å²) in [5.41, 5.74) is 8.04. The molecule has 1 atom stereocenters. The topological polar surface area (TPSA) is 59.1 Å². The number of rotatable bonds is 3. The summed E-state index contributed by atoms with van der Waals surface area (Å²) >= 11 is 0. The van der Waals surface area contributed by atoms with Crippen LogP contribution in [0.4, 0.5) is 0 Å². The van der Waals surface area contributed by atoms with Crippen LogP contribution in [0.5, 0.6) is 0 Å². The lowest BCUT2D eigenvalue weighted by Crippen LogP contribution is -2.06. The highest BCUT2D eigenvalue weighted by atomic mass is 16.3. The second kappa shape index (κ2) is 6.69. The predicted octanol–water partition coefficient (Wildman–Crippen LogP) is 1.86. The first-order valence-corrected chi connectivity index (χ1v) is 6.20. The van der Waals surface area contributed by atoms with E-state index < -0.39 is 6.10 Å². The molecule has 0 bridgehead atoms. The van der Waals surface area contributed by atoms with Crippen LogP contribution in [0.25, 0.3) is 0 Å². The summed E-state index contributed by atoms with van der Waals surface area (Å²) in [6, 6.07) is 11.3. The van der Waals surface area contributed by atoms with Crippen molar-refractivity contribution in [2.24, 2.45) is 5.73 Å². The van der Waals surface area contributed by atoms with Crippen LogP contribution in [0.1, 0.15) is 29.2 Å². The monoisotopic (exact) mass is 252 g/mol. The summed E-state index contributed by atoms with van der Waals surface area (Å²) in [5, 5.41) is 9.89. The molecule has 0 saturated carbocycles. The van der Waals surface area contributed by atoms with E-state index in [0.29, 0.717) is 13.0 Å². The highest BCUT2D eigenvalue weighted by Gasteiger charge is 2.05. The van der Waals surface area contributed by atoms with Gasteiger partial charge in [-0.05, 0) is 42.8 Å². The summed E-state index contributed by atoms with van der Waals surface area (Å²) in [6.07, 6.45) is 3.47. The Morgan fingerprint density at radius 2 is 1.95 bits per heavy atom. The normalized spacial score (nSPS) is 11.5. The van der Waals surface area contributed by atoms with Crippen molar-refractivity contribution in [3.05, 3.63) is 65.5 Å². The number of hydrogen-bond acceptors (Lipinski definition) is 3. The molecule has 0 spiro atoms. The molecule has 0 aliphatic rings. The van der Waals surface area contributed by atoms with E-state index in [9.17, 15) is 5.11 Å². The molecule has 96 valence electrons. The summed E-state index contributed by atoms with van der Waals surface area (Å²) in [4.78, 5) is 4.01. The Morgan fingerprint density at radius 3 is 2.68 bits per heavy atom. The fourth-order valence-electron chi connectivity index (χ4n) is 1.73. The molecule has 19 heavy (non-hydrogen) atoms. The van der Waals surface area contributed by atoms with Crippen molar-refractivity contribution in [3.63, 3.8) is 0 Å². The third-order valence-corrected chi connectivity index (χ3v) is 2.72. The third-order valence-electron chi connectivity index (χ3n) is 2.72. The van der Waals surface area contributed by atoms with E-state index in [1.807, 2.05) is 36.4 Å². The number of aliphatic hydroxyl groups is 1. The van der Waals surface area contributed by atoms with Crippen molar-refractivity contribution in [1.82, 2.24) is 4.98 Å². The molecule has 0 radical (unpaired) electrons. The first-order chi connectivity index (χ1) is 9.29. The molecular weight excluding hydrogens is 236 g/mol. The lowest BCUT2D eigenvalue weighted by molar-refractivity contribution is 0.170. The first kappa shape index (κ1) is 13.3. The number of nitrogens with zero attached hydrogens (tertiary/aromatic N) is 1. The molecule has 0 aliphatic carbocycles. The number of pyridine rings is 1. The van der Waals surface area contributed by atoms with E-state index in [2.05, 4.69) is 16.8 Å². The molecule has 2 rings (SSSR count). The highest BCUT2D eigenvalue weighted by Crippen LogP contribution is 2.16. The standard InChI is InChI=1S/C16H16N2O/c17-9-8-16(19)15-5-1-3-13(11-15)6-7-14-4-2-10-18-12-14/h1-5,10-12,16,19H,8-9,17H2. The van der Waals surface area contributed by atoms with Gasteiger partial charge >= 0.3 is 0 Å². The van der Waals surface area contributed by atoms with E-state index in [1.54, 1.807) is 12.4 Å². The Hall–Kier alpha value is -2.15. The van der Waals surface area contributed by atoms with Crippen LogP contribution in [0.2, 0.25) is 0 Å². The van der Waals surface area contributed by atoms with Crippen LogP contribution >= 0.6 is 0 Å². The minimum absolute atomic E-state index is 0.465. The van der Waals surface area contributed by atoms with Gasteiger partial charge in [-0.2, -0.15) is 0 Å². The van der Waals surface area contributed by atoms with Crippen LogP contribution in [0.15, 0.2) is 48.8 Å². The zero-order valence-electron chi connectivity index (χ0n) is 10.6. The molecule has 2 aromatic rings. The summed E-state index contributed by atoms with van der Waals surface area (Å²) < 4.78 is 0. The zero-order valence-corrected chi connectivity index (χ0v) is 10.6. The zero-order chi connectivity index (χ0) is 13.5. The fraction of sp³-hybridized carbons (Fsp3) is 0.188. The van der Waals surface area contributed by atoms with Crippen LogP contribution < -0.4 is 5.73 Å². The maximum absolute atomic E-state index is 9.89. The molecular formula is C16H16N2O. The first-order valence-electron chi connectivity index (χ1n) is 6.20. The smallest absolute Gasteiger partial charge is 0.0802 e. The molecule has 0 saturated heterocycles. The number of aromatic nitrogens is 1. The van der Waals surface area contributed by atoms with Crippen molar-refractivity contribution in [1.29, 1.82) is 0 Å². The molecule has 3 heteroatoms. The van der Waals surface area contributed by atoms with E-state index in [0.717, 1.165) is 16.7 Å². The number of hydrogen-bond donors (Lipinski definition) is 2. The minimum Gasteiger partial charge on any atom is -0.388 e. The van der Waals surface area contributed by atoms with Gasteiger partial charge in [0.1, 0.15) is 0 Å². The van der Waals surface area contributed by atoms with Crippen molar-refractivity contribution >= 4 is 0 Å². The Kier molecular flexibility index (Phi) is 4.68. The molecule has 0 fully saturated rings. The van der Waals surface area contributed by atoms with Gasteiger partial charge < -0.3 is 10.8 Å². The summed E-state index contributed by atoms with van der Waals surface area (Å²) in [6.45, 7) is 0.465. The highest BCUT2D eigenvalue weighted by molar-refractivity contribution is 5.43. The molecule has 1 aromatic carbocycles. The van der Waals surface area contributed by atoms with Crippen molar-refractivity contribution in [3.8, 4) is 11.8 Å². The second-order valence-electron chi connectivity index (χ2n) is 4.21. The third kappa shape index (κ3) is 3.92. The summed E-state index contributed by atoms with van der Waals surface area (Å²) in [5.74, 6) is 6.11. The van der Waals surface area contributed by atoms with Crippen molar-refractivity contribution in [2.75, 3.05) is 6.54 Å². The van der Waals surface area contributed by atoms with E-state index in [-0.39, 0.29) is 0 Å². The van der Waals surface area contributed by atoms with E-state index in [4.69, 9.17) is 5.73 Å². The Morgan fingerprint density at radius 1 is 1.16 bits per heavy atom. The van der Waals surface area contributed by atoms with Gasteiger partial charge in [0.2, 0.25) is 0 Å². The predicted molar refractivity (Wildman–Crippen MR) is 75.3 cm³/mol. The Bertz CT molecular complexity index is 584. The van der Waals surface area contributed by atoms with Gasteiger partial charge in [0.15, 0.2) is 0 Å². The van der Waals surface area contributed by atoms with Crippen molar-refractivity contribution in [2.45, 2.75) is 12.5 Å². The molecule has 3 nitrogen and oxygen atoms in total. The van der Waals surface area contributed by atoms with Gasteiger partial charge in [-0.3, -0.25) is 4.98 Å². The van der Waals surface area contributed by atoms with Gasteiger partial charge in [0, 0.05) is 23.5 Å². The van der Waals surface area contributed by atoms with Crippen LogP contribution in [0, 0.1) is 11.8 Å². The van der Waals surface area contributed by atoms with Crippen LogP contribution in [-0.4, -0.2) is 16.6 Å². The van der Waals surface area contributed by atoms with Gasteiger partial charge in [-0.15, -0.1) is 0 Å². The van der Waals surface area contributed by atoms with Gasteiger partial charge in [0.05, 0.1) is 6.10 Å². The molecule has 1 heterocycles. The van der Waals surface area contributed by atoms with Crippen LogP contribution in [-0.2, 0) is 0 Å². The Balaban J connectivity index is 2.18.